The van der Waals surface area contributed by atoms with Crippen molar-refractivity contribution in [3.63, 3.8) is 0 Å². The average Bonchev–Trinajstić information content (AvgIpc) is 2.27. The third-order valence-corrected chi connectivity index (χ3v) is 2.22. The number of benzene rings is 1. The number of amides is 2. The summed E-state index contributed by atoms with van der Waals surface area (Å²) in [6.45, 7) is 2.19. The second-order valence-corrected chi connectivity index (χ2v) is 3.36. The van der Waals surface area contributed by atoms with Crippen LogP contribution in [-0.2, 0) is 0 Å². The number of carbonyl (C=O) groups is 1. The molecule has 2 amide bonds. The molecule has 17 heavy (non-hydrogen) atoms. The zero-order valence-corrected chi connectivity index (χ0v) is 9.44. The minimum Gasteiger partial charge on any atom is -0.328 e. The average molecular weight is 241 g/mol. The number of nitro groups is 1. The molecule has 92 valence electrons. The summed E-state index contributed by atoms with van der Waals surface area (Å²) in [5, 5.41) is 13.0. The topological polar surface area (TPSA) is 75.5 Å². The molecular weight excluding hydrogens is 229 g/mol. The molecule has 1 N–H and O–H groups in total. The van der Waals surface area contributed by atoms with Crippen LogP contribution in [0.4, 0.5) is 20.6 Å². The lowest BCUT2D eigenvalue weighted by Gasteiger charge is -2.15. The molecule has 0 aromatic heterocycles. The van der Waals surface area contributed by atoms with Crippen molar-refractivity contribution in [2.45, 2.75) is 6.92 Å². The number of anilines is 1. The number of hydrogen-bond donors (Lipinski definition) is 1. The van der Waals surface area contributed by atoms with Gasteiger partial charge in [0.2, 0.25) is 0 Å². The van der Waals surface area contributed by atoms with E-state index in [-0.39, 0.29) is 11.4 Å². The van der Waals surface area contributed by atoms with Crippen LogP contribution in [-0.4, -0.2) is 29.4 Å². The smallest absolute Gasteiger partial charge is 0.321 e. The molecule has 7 heteroatoms. The Morgan fingerprint density at radius 3 is 2.76 bits per heavy atom. The van der Waals surface area contributed by atoms with Crippen molar-refractivity contribution in [2.24, 2.45) is 0 Å². The fraction of sp³-hybridized carbons (Fsp3) is 0.300. The molecular formula is C10H12FN3O3. The summed E-state index contributed by atoms with van der Waals surface area (Å²) >= 11 is 0. The molecule has 0 heterocycles. The van der Waals surface area contributed by atoms with Crippen molar-refractivity contribution >= 4 is 17.4 Å². The number of urea groups is 1. The monoisotopic (exact) mass is 241 g/mol. The van der Waals surface area contributed by atoms with Crippen LogP contribution in [0.5, 0.6) is 0 Å². The maximum absolute atomic E-state index is 13.0. The van der Waals surface area contributed by atoms with E-state index in [0.29, 0.717) is 6.54 Å². The predicted octanol–water partition coefficient (Wildman–Crippen LogP) is 2.22. The predicted molar refractivity (Wildman–Crippen MR) is 60.4 cm³/mol. The van der Waals surface area contributed by atoms with Gasteiger partial charge in [-0.2, -0.15) is 0 Å². The van der Waals surface area contributed by atoms with Gasteiger partial charge >= 0.3 is 6.03 Å². The highest BCUT2D eigenvalue weighted by molar-refractivity contribution is 5.91. The van der Waals surface area contributed by atoms with Gasteiger partial charge in [-0.1, -0.05) is 0 Å². The number of nitrogens with zero attached hydrogens (tertiary/aromatic N) is 2. The summed E-state index contributed by atoms with van der Waals surface area (Å²) in [5.41, 5.74) is -0.496. The van der Waals surface area contributed by atoms with Crippen LogP contribution in [0.25, 0.3) is 0 Å². The first-order valence-corrected chi connectivity index (χ1v) is 4.91. The Labute approximate surface area is 97.2 Å². The van der Waals surface area contributed by atoms with Crippen LogP contribution in [0.2, 0.25) is 0 Å². The van der Waals surface area contributed by atoms with Crippen LogP contribution in [0.1, 0.15) is 6.92 Å². The number of hydrogen-bond acceptors (Lipinski definition) is 3. The molecule has 0 saturated carbocycles. The molecule has 0 atom stereocenters. The summed E-state index contributed by atoms with van der Waals surface area (Å²) in [6.07, 6.45) is 0. The number of nitrogens with one attached hydrogen (secondary N) is 1. The van der Waals surface area contributed by atoms with Crippen LogP contribution >= 0.6 is 0 Å². The zero-order valence-electron chi connectivity index (χ0n) is 9.44. The van der Waals surface area contributed by atoms with E-state index in [1.807, 2.05) is 0 Å². The van der Waals surface area contributed by atoms with Gasteiger partial charge in [0.15, 0.2) is 0 Å². The van der Waals surface area contributed by atoms with Crippen LogP contribution < -0.4 is 5.32 Å². The van der Waals surface area contributed by atoms with Gasteiger partial charge < -0.3 is 10.2 Å². The molecule has 1 rings (SSSR count). The molecule has 0 aliphatic heterocycles. The van der Waals surface area contributed by atoms with E-state index in [1.54, 1.807) is 6.92 Å². The molecule has 0 saturated heterocycles. The van der Waals surface area contributed by atoms with Gasteiger partial charge in [-0.25, -0.2) is 9.18 Å². The molecule has 0 aliphatic carbocycles. The van der Waals surface area contributed by atoms with Crippen LogP contribution in [0.3, 0.4) is 0 Å². The van der Waals surface area contributed by atoms with Crippen LogP contribution in [0.15, 0.2) is 18.2 Å². The second-order valence-electron chi connectivity index (χ2n) is 3.36. The minimum atomic E-state index is -0.680. The van der Waals surface area contributed by atoms with E-state index in [4.69, 9.17) is 0 Å². The van der Waals surface area contributed by atoms with Gasteiger partial charge in [-0.15, -0.1) is 0 Å². The Kier molecular flexibility index (Phi) is 3.97. The molecule has 0 bridgehead atoms. The normalized spacial score (nSPS) is 9.82. The van der Waals surface area contributed by atoms with Gasteiger partial charge in [0.25, 0.3) is 5.69 Å². The van der Waals surface area contributed by atoms with Gasteiger partial charge in [-0.3, -0.25) is 10.1 Å². The van der Waals surface area contributed by atoms with Crippen molar-refractivity contribution in [3.8, 4) is 0 Å². The Bertz CT molecular complexity index is 450. The number of halogens is 1. The van der Waals surface area contributed by atoms with Gasteiger partial charge in [0.05, 0.1) is 4.92 Å². The summed E-state index contributed by atoms with van der Waals surface area (Å²) in [4.78, 5) is 22.8. The summed E-state index contributed by atoms with van der Waals surface area (Å²) in [5.74, 6) is -0.648. The molecule has 0 fully saturated rings. The second kappa shape index (κ2) is 5.24. The molecule has 6 nitrogen and oxygen atoms in total. The summed E-state index contributed by atoms with van der Waals surface area (Å²) in [7, 11) is 1.53. The third-order valence-electron chi connectivity index (χ3n) is 2.22. The van der Waals surface area contributed by atoms with Crippen molar-refractivity contribution in [3.05, 3.63) is 34.1 Å². The van der Waals surface area contributed by atoms with E-state index in [1.165, 1.54) is 11.9 Å². The fourth-order valence-corrected chi connectivity index (χ4v) is 1.12. The van der Waals surface area contributed by atoms with Crippen molar-refractivity contribution in [2.75, 3.05) is 18.9 Å². The lowest BCUT2D eigenvalue weighted by molar-refractivity contribution is -0.384. The Hall–Kier alpha value is -2.18. The van der Waals surface area contributed by atoms with E-state index in [9.17, 15) is 19.3 Å². The standard InChI is InChI=1S/C10H12FN3O3/c1-3-13(2)10(15)12-8-6-7(11)4-5-9(8)14(16)17/h4-6H,3H2,1-2H3,(H,12,15). The van der Waals surface area contributed by atoms with E-state index >= 15 is 0 Å². The summed E-state index contributed by atoms with van der Waals surface area (Å²) < 4.78 is 13.0. The first-order valence-electron chi connectivity index (χ1n) is 4.91. The third kappa shape index (κ3) is 3.13. The lowest BCUT2D eigenvalue weighted by atomic mass is 10.2. The lowest BCUT2D eigenvalue weighted by Crippen LogP contribution is -2.31. The highest BCUT2D eigenvalue weighted by Gasteiger charge is 2.17. The quantitative estimate of drug-likeness (QED) is 0.651. The van der Waals surface area contributed by atoms with E-state index in [2.05, 4.69) is 5.32 Å². The highest BCUT2D eigenvalue weighted by Crippen LogP contribution is 2.25. The van der Waals surface area contributed by atoms with Gasteiger partial charge in [-0.05, 0) is 13.0 Å². The SMILES string of the molecule is CCN(C)C(=O)Nc1cc(F)ccc1[N+](=O)[O-]. The van der Waals surface area contributed by atoms with Crippen molar-refractivity contribution in [1.82, 2.24) is 4.90 Å². The van der Waals surface area contributed by atoms with E-state index in [0.717, 1.165) is 18.2 Å². The van der Waals surface area contributed by atoms with Crippen LogP contribution in [0, 0.1) is 15.9 Å². The first-order chi connectivity index (χ1) is 7.95. The Balaban J connectivity index is 3.00. The Morgan fingerprint density at radius 1 is 1.59 bits per heavy atom. The number of rotatable bonds is 3. The maximum atomic E-state index is 13.0. The molecule has 0 aliphatic rings. The van der Waals surface area contributed by atoms with Gasteiger partial charge in [0.1, 0.15) is 11.5 Å². The molecule has 1 aromatic rings. The Morgan fingerprint density at radius 2 is 2.24 bits per heavy atom. The summed E-state index contributed by atoms with van der Waals surface area (Å²) in [6, 6.07) is 2.37. The zero-order chi connectivity index (χ0) is 13.0. The highest BCUT2D eigenvalue weighted by atomic mass is 19.1. The molecule has 0 unspecified atom stereocenters. The number of nitro benzene ring substituents is 1. The van der Waals surface area contributed by atoms with Crippen molar-refractivity contribution in [1.29, 1.82) is 0 Å². The fourth-order valence-electron chi connectivity index (χ4n) is 1.12. The maximum Gasteiger partial charge on any atom is 0.321 e. The molecule has 0 radical (unpaired) electrons. The number of carbonyl (C=O) groups excluding carboxylic acids is 1. The van der Waals surface area contributed by atoms with Gasteiger partial charge in [0, 0.05) is 25.7 Å². The molecule has 1 aromatic carbocycles. The largest absolute Gasteiger partial charge is 0.328 e. The van der Waals surface area contributed by atoms with E-state index < -0.39 is 16.8 Å². The molecule has 0 spiro atoms. The first kappa shape index (κ1) is 12.9. The minimum absolute atomic E-state index is 0.152. The van der Waals surface area contributed by atoms with Crippen molar-refractivity contribution < 1.29 is 14.1 Å².